The number of phenolic OH excluding ortho intramolecular Hbond substituents is 1. The van der Waals surface area contributed by atoms with Crippen molar-refractivity contribution in [1.82, 2.24) is 5.43 Å². The summed E-state index contributed by atoms with van der Waals surface area (Å²) in [6, 6.07) is 3.53. The van der Waals surface area contributed by atoms with Gasteiger partial charge in [-0.15, -0.1) is 0 Å². The molecular formula is C10H13N3OS. The van der Waals surface area contributed by atoms with Gasteiger partial charge < -0.3 is 10.8 Å². The molecule has 0 fully saturated rings. The van der Waals surface area contributed by atoms with E-state index in [4.69, 9.17) is 5.73 Å². The van der Waals surface area contributed by atoms with Crippen molar-refractivity contribution in [1.29, 1.82) is 0 Å². The second kappa shape index (κ2) is 4.75. The number of rotatable bonds is 2. The number of aromatic hydroxyl groups is 1. The maximum Gasteiger partial charge on any atom is 0.184 e. The van der Waals surface area contributed by atoms with E-state index in [2.05, 4.69) is 22.7 Å². The van der Waals surface area contributed by atoms with Gasteiger partial charge in [0.25, 0.3) is 0 Å². The standard InChI is InChI=1S/C10H13N3OS/c1-6-3-8(5-12-13-10(11)15)9(14)4-7(6)2/h3-5,14H,1-2H3,(H3,11,13,15). The predicted octanol–water partition coefficient (Wildman–Crippen LogP) is 1.18. The Morgan fingerprint density at radius 2 is 2.07 bits per heavy atom. The molecule has 4 N–H and O–H groups in total. The van der Waals surface area contributed by atoms with Crippen LogP contribution in [-0.4, -0.2) is 16.4 Å². The zero-order chi connectivity index (χ0) is 11.4. The van der Waals surface area contributed by atoms with Crippen LogP contribution in [-0.2, 0) is 0 Å². The molecule has 15 heavy (non-hydrogen) atoms. The predicted molar refractivity (Wildman–Crippen MR) is 65.1 cm³/mol. The van der Waals surface area contributed by atoms with Crippen molar-refractivity contribution >= 4 is 23.5 Å². The smallest absolute Gasteiger partial charge is 0.184 e. The number of phenols is 1. The largest absolute Gasteiger partial charge is 0.507 e. The first kappa shape index (κ1) is 11.5. The molecule has 0 unspecified atom stereocenters. The molecular weight excluding hydrogens is 210 g/mol. The Kier molecular flexibility index (Phi) is 3.62. The summed E-state index contributed by atoms with van der Waals surface area (Å²) < 4.78 is 0. The zero-order valence-corrected chi connectivity index (χ0v) is 9.43. The highest BCUT2D eigenvalue weighted by atomic mass is 32.1. The zero-order valence-electron chi connectivity index (χ0n) is 8.61. The first-order valence-corrected chi connectivity index (χ1v) is 4.80. The van der Waals surface area contributed by atoms with E-state index in [0.717, 1.165) is 11.1 Å². The van der Waals surface area contributed by atoms with Gasteiger partial charge in [0.1, 0.15) is 5.75 Å². The Hall–Kier alpha value is -1.62. The average Bonchev–Trinajstić information content (AvgIpc) is 2.13. The molecule has 1 rings (SSSR count). The first-order chi connectivity index (χ1) is 7.00. The Morgan fingerprint density at radius 3 is 2.67 bits per heavy atom. The van der Waals surface area contributed by atoms with Crippen LogP contribution in [0, 0.1) is 13.8 Å². The molecule has 0 aromatic heterocycles. The Balaban J connectivity index is 2.90. The third-order valence-corrected chi connectivity index (χ3v) is 2.11. The van der Waals surface area contributed by atoms with E-state index >= 15 is 0 Å². The number of nitrogens with zero attached hydrogens (tertiary/aromatic N) is 1. The summed E-state index contributed by atoms with van der Waals surface area (Å²) in [6.45, 7) is 3.90. The summed E-state index contributed by atoms with van der Waals surface area (Å²) >= 11 is 4.58. The Morgan fingerprint density at radius 1 is 1.47 bits per heavy atom. The minimum atomic E-state index is 0.0922. The normalized spacial score (nSPS) is 10.5. The molecule has 0 atom stereocenters. The fourth-order valence-corrected chi connectivity index (χ4v) is 1.14. The lowest BCUT2D eigenvalue weighted by molar-refractivity contribution is 0.474. The number of nitrogens with one attached hydrogen (secondary N) is 1. The fourth-order valence-electron chi connectivity index (χ4n) is 1.09. The number of benzene rings is 1. The summed E-state index contributed by atoms with van der Waals surface area (Å²) in [7, 11) is 0. The molecule has 0 heterocycles. The van der Waals surface area contributed by atoms with Gasteiger partial charge in [-0.3, -0.25) is 5.43 Å². The van der Waals surface area contributed by atoms with Crippen LogP contribution >= 0.6 is 12.2 Å². The molecule has 1 aromatic rings. The van der Waals surface area contributed by atoms with E-state index in [1.165, 1.54) is 6.21 Å². The van der Waals surface area contributed by atoms with Crippen molar-refractivity contribution in [2.75, 3.05) is 0 Å². The number of nitrogens with two attached hydrogens (primary N) is 1. The minimum Gasteiger partial charge on any atom is -0.507 e. The van der Waals surface area contributed by atoms with Gasteiger partial charge >= 0.3 is 0 Å². The number of thiocarbonyl (C=S) groups is 1. The highest BCUT2D eigenvalue weighted by Gasteiger charge is 2.01. The van der Waals surface area contributed by atoms with Gasteiger partial charge in [-0.2, -0.15) is 5.10 Å². The molecule has 0 spiro atoms. The number of hydrogen-bond donors (Lipinski definition) is 3. The van der Waals surface area contributed by atoms with Gasteiger partial charge in [-0.25, -0.2) is 0 Å². The van der Waals surface area contributed by atoms with Crippen molar-refractivity contribution < 1.29 is 5.11 Å². The second-order valence-electron chi connectivity index (χ2n) is 3.23. The fraction of sp³-hybridized carbons (Fsp3) is 0.200. The van der Waals surface area contributed by atoms with E-state index in [0.29, 0.717) is 5.56 Å². The summed E-state index contributed by atoms with van der Waals surface area (Å²) in [5.74, 6) is 0.187. The van der Waals surface area contributed by atoms with Crippen LogP contribution in [0.25, 0.3) is 0 Å². The third kappa shape index (κ3) is 3.21. The highest BCUT2D eigenvalue weighted by molar-refractivity contribution is 7.80. The van der Waals surface area contributed by atoms with Crippen molar-refractivity contribution in [3.05, 3.63) is 28.8 Å². The molecule has 0 aliphatic carbocycles. The molecule has 5 heteroatoms. The number of aryl methyl sites for hydroxylation is 2. The number of hydrogen-bond acceptors (Lipinski definition) is 3. The average molecular weight is 223 g/mol. The van der Waals surface area contributed by atoms with Crippen molar-refractivity contribution in [2.45, 2.75) is 13.8 Å². The van der Waals surface area contributed by atoms with Gasteiger partial charge in [0.2, 0.25) is 0 Å². The lowest BCUT2D eigenvalue weighted by Gasteiger charge is -2.04. The van der Waals surface area contributed by atoms with Crippen molar-refractivity contribution in [3.8, 4) is 5.75 Å². The van der Waals surface area contributed by atoms with E-state index in [1.807, 2.05) is 19.9 Å². The molecule has 0 radical (unpaired) electrons. The summed E-state index contributed by atoms with van der Waals surface area (Å²) in [5, 5.41) is 13.5. The van der Waals surface area contributed by atoms with Gasteiger partial charge in [0, 0.05) is 5.56 Å². The summed E-state index contributed by atoms with van der Waals surface area (Å²) in [5.41, 5.74) is 10.4. The van der Waals surface area contributed by atoms with E-state index in [-0.39, 0.29) is 10.9 Å². The van der Waals surface area contributed by atoms with Crippen LogP contribution in [0.3, 0.4) is 0 Å². The lowest BCUT2D eigenvalue weighted by Crippen LogP contribution is -2.24. The van der Waals surface area contributed by atoms with Crippen LogP contribution in [0.4, 0.5) is 0 Å². The molecule has 4 nitrogen and oxygen atoms in total. The molecule has 0 bridgehead atoms. The SMILES string of the molecule is Cc1cc(O)c(C=NNC(N)=S)cc1C. The van der Waals surface area contributed by atoms with Crippen LogP contribution in [0.15, 0.2) is 17.2 Å². The van der Waals surface area contributed by atoms with Crippen LogP contribution in [0.2, 0.25) is 0 Å². The maximum atomic E-state index is 9.60. The van der Waals surface area contributed by atoms with Gasteiger partial charge in [0.15, 0.2) is 5.11 Å². The topological polar surface area (TPSA) is 70.6 Å². The van der Waals surface area contributed by atoms with Crippen LogP contribution in [0.5, 0.6) is 5.75 Å². The maximum absolute atomic E-state index is 9.60. The van der Waals surface area contributed by atoms with E-state index in [1.54, 1.807) is 6.07 Å². The minimum absolute atomic E-state index is 0.0922. The van der Waals surface area contributed by atoms with Gasteiger partial charge in [0.05, 0.1) is 6.21 Å². The van der Waals surface area contributed by atoms with E-state index in [9.17, 15) is 5.11 Å². The Bertz CT molecular complexity index is 415. The summed E-state index contributed by atoms with van der Waals surface area (Å²) in [4.78, 5) is 0. The molecule has 0 aliphatic rings. The first-order valence-electron chi connectivity index (χ1n) is 4.39. The lowest BCUT2D eigenvalue weighted by atomic mass is 10.1. The monoisotopic (exact) mass is 223 g/mol. The summed E-state index contributed by atoms with van der Waals surface area (Å²) in [6.07, 6.45) is 1.47. The molecule has 0 saturated carbocycles. The van der Waals surface area contributed by atoms with E-state index < -0.39 is 0 Å². The van der Waals surface area contributed by atoms with Gasteiger partial charge in [-0.05, 0) is 49.3 Å². The molecule has 0 aliphatic heterocycles. The molecule has 1 aromatic carbocycles. The van der Waals surface area contributed by atoms with Crippen LogP contribution < -0.4 is 11.2 Å². The van der Waals surface area contributed by atoms with Gasteiger partial charge in [-0.1, -0.05) is 0 Å². The Labute approximate surface area is 93.8 Å². The number of hydrazone groups is 1. The van der Waals surface area contributed by atoms with Crippen LogP contribution in [0.1, 0.15) is 16.7 Å². The quantitative estimate of drug-likeness (QED) is 0.400. The third-order valence-electron chi connectivity index (χ3n) is 2.02. The molecule has 0 amide bonds. The highest BCUT2D eigenvalue weighted by Crippen LogP contribution is 2.19. The molecule has 80 valence electrons. The molecule has 0 saturated heterocycles. The van der Waals surface area contributed by atoms with Crippen molar-refractivity contribution in [3.63, 3.8) is 0 Å². The second-order valence-corrected chi connectivity index (χ2v) is 3.67. The van der Waals surface area contributed by atoms with Crippen molar-refractivity contribution in [2.24, 2.45) is 10.8 Å².